The highest BCUT2D eigenvalue weighted by Gasteiger charge is 2.33. The third-order valence-electron chi connectivity index (χ3n) is 3.59. The average molecular weight is 240 g/mol. The van der Waals surface area contributed by atoms with Crippen LogP contribution in [0.5, 0.6) is 0 Å². The number of primary amides is 1. The molecule has 0 bridgehead atoms. The molecule has 6 heteroatoms. The lowest BCUT2D eigenvalue weighted by Crippen LogP contribution is -2.55. The zero-order valence-electron chi connectivity index (χ0n) is 10.2. The van der Waals surface area contributed by atoms with Gasteiger partial charge in [0.25, 0.3) is 0 Å². The topological polar surface area (TPSA) is 78.7 Å². The van der Waals surface area contributed by atoms with Gasteiger partial charge in [0.1, 0.15) is 0 Å². The van der Waals surface area contributed by atoms with Crippen molar-refractivity contribution in [1.82, 2.24) is 15.1 Å². The van der Waals surface area contributed by atoms with Gasteiger partial charge in [-0.15, -0.1) is 0 Å². The minimum atomic E-state index is -0.779. The number of hydrogen-bond donors (Lipinski definition) is 2. The molecule has 2 fully saturated rings. The van der Waals surface area contributed by atoms with Crippen LogP contribution in [-0.4, -0.2) is 60.0 Å². The van der Waals surface area contributed by atoms with Crippen molar-refractivity contribution >= 4 is 11.9 Å². The molecule has 3 amide bonds. The number of rotatable bonds is 3. The molecule has 0 spiro atoms. The van der Waals surface area contributed by atoms with Crippen molar-refractivity contribution in [2.75, 3.05) is 26.2 Å². The highest BCUT2D eigenvalue weighted by atomic mass is 16.2. The van der Waals surface area contributed by atoms with Crippen LogP contribution in [0.3, 0.4) is 0 Å². The van der Waals surface area contributed by atoms with Crippen molar-refractivity contribution in [1.29, 1.82) is 0 Å². The quantitative estimate of drug-likeness (QED) is 0.687. The SMILES string of the molecule is CC(C(=O)NC(N)=O)N1CCN(C2CC2)CC1. The Labute approximate surface area is 101 Å². The van der Waals surface area contributed by atoms with Gasteiger partial charge in [0.15, 0.2) is 0 Å². The van der Waals surface area contributed by atoms with Crippen LogP contribution in [0.25, 0.3) is 0 Å². The Morgan fingerprint density at radius 2 is 1.82 bits per heavy atom. The monoisotopic (exact) mass is 240 g/mol. The number of hydrogen-bond acceptors (Lipinski definition) is 4. The first-order valence-corrected chi connectivity index (χ1v) is 6.16. The van der Waals surface area contributed by atoms with Crippen LogP contribution in [0.1, 0.15) is 19.8 Å². The van der Waals surface area contributed by atoms with Gasteiger partial charge in [-0.05, 0) is 19.8 Å². The number of piperazine rings is 1. The molecule has 0 aromatic carbocycles. The van der Waals surface area contributed by atoms with Crippen LogP contribution in [0.15, 0.2) is 0 Å². The van der Waals surface area contributed by atoms with Crippen LogP contribution in [0.4, 0.5) is 4.79 Å². The lowest BCUT2D eigenvalue weighted by Gasteiger charge is -2.37. The van der Waals surface area contributed by atoms with E-state index in [4.69, 9.17) is 5.73 Å². The molecular formula is C11H20N4O2. The molecule has 1 unspecified atom stereocenters. The average Bonchev–Trinajstić information content (AvgIpc) is 3.11. The number of nitrogens with one attached hydrogen (secondary N) is 1. The van der Waals surface area contributed by atoms with Gasteiger partial charge in [-0.2, -0.15) is 0 Å². The van der Waals surface area contributed by atoms with Gasteiger partial charge in [0, 0.05) is 32.2 Å². The second kappa shape index (κ2) is 5.01. The van der Waals surface area contributed by atoms with Gasteiger partial charge < -0.3 is 5.73 Å². The summed E-state index contributed by atoms with van der Waals surface area (Å²) in [6.07, 6.45) is 2.63. The van der Waals surface area contributed by atoms with E-state index in [1.165, 1.54) is 12.8 Å². The Morgan fingerprint density at radius 1 is 1.24 bits per heavy atom. The summed E-state index contributed by atoms with van der Waals surface area (Å²) in [6.45, 7) is 5.59. The van der Waals surface area contributed by atoms with E-state index in [1.54, 1.807) is 0 Å². The molecule has 0 radical (unpaired) electrons. The first kappa shape index (κ1) is 12.3. The summed E-state index contributed by atoms with van der Waals surface area (Å²) >= 11 is 0. The highest BCUT2D eigenvalue weighted by Crippen LogP contribution is 2.27. The number of urea groups is 1. The fourth-order valence-corrected chi connectivity index (χ4v) is 2.32. The standard InChI is InChI=1S/C11H20N4O2/c1-8(10(16)13-11(12)17)14-4-6-15(7-5-14)9-2-3-9/h8-9H,2-7H2,1H3,(H3,12,13,16,17). The summed E-state index contributed by atoms with van der Waals surface area (Å²) < 4.78 is 0. The van der Waals surface area contributed by atoms with Crippen LogP contribution >= 0.6 is 0 Å². The molecule has 1 saturated carbocycles. The second-order valence-corrected chi connectivity index (χ2v) is 4.83. The number of nitrogens with two attached hydrogens (primary N) is 1. The zero-order chi connectivity index (χ0) is 12.4. The van der Waals surface area contributed by atoms with Crippen molar-refractivity contribution in [3.63, 3.8) is 0 Å². The van der Waals surface area contributed by atoms with E-state index < -0.39 is 6.03 Å². The Kier molecular flexibility index (Phi) is 3.63. The Bertz CT molecular complexity index is 309. The molecule has 1 saturated heterocycles. The normalized spacial score (nSPS) is 24.3. The van der Waals surface area contributed by atoms with E-state index in [-0.39, 0.29) is 11.9 Å². The molecule has 2 aliphatic rings. The number of imide groups is 1. The molecule has 0 aromatic rings. The zero-order valence-corrected chi connectivity index (χ0v) is 10.2. The van der Waals surface area contributed by atoms with Crippen molar-refractivity contribution in [3.05, 3.63) is 0 Å². The minimum Gasteiger partial charge on any atom is -0.351 e. The van der Waals surface area contributed by atoms with Gasteiger partial charge in [-0.1, -0.05) is 0 Å². The fourth-order valence-electron chi connectivity index (χ4n) is 2.32. The van der Waals surface area contributed by atoms with Crippen molar-refractivity contribution in [2.45, 2.75) is 31.8 Å². The first-order chi connectivity index (χ1) is 8.08. The lowest BCUT2D eigenvalue weighted by atomic mass is 10.2. The maximum absolute atomic E-state index is 11.6. The van der Waals surface area contributed by atoms with Gasteiger partial charge in [-0.3, -0.25) is 19.9 Å². The molecule has 1 aliphatic carbocycles. The van der Waals surface area contributed by atoms with E-state index in [0.717, 1.165) is 32.2 Å². The maximum Gasteiger partial charge on any atom is 0.318 e. The predicted octanol–water partition coefficient (Wildman–Crippen LogP) is -0.650. The number of nitrogens with zero attached hydrogens (tertiary/aromatic N) is 2. The largest absolute Gasteiger partial charge is 0.351 e. The third-order valence-corrected chi connectivity index (χ3v) is 3.59. The molecule has 6 nitrogen and oxygen atoms in total. The van der Waals surface area contributed by atoms with Gasteiger partial charge in [-0.25, -0.2) is 4.79 Å². The summed E-state index contributed by atoms with van der Waals surface area (Å²) in [5.74, 6) is -0.308. The molecule has 1 atom stereocenters. The third kappa shape index (κ3) is 3.17. The molecular weight excluding hydrogens is 220 g/mol. The lowest BCUT2D eigenvalue weighted by molar-refractivity contribution is -0.125. The number of carbonyl (C=O) groups is 2. The van der Waals surface area contributed by atoms with Crippen molar-refractivity contribution in [2.24, 2.45) is 5.73 Å². The van der Waals surface area contributed by atoms with Crippen LogP contribution in [0.2, 0.25) is 0 Å². The fraction of sp³-hybridized carbons (Fsp3) is 0.818. The summed E-state index contributed by atoms with van der Waals surface area (Å²) in [4.78, 5) is 26.8. The summed E-state index contributed by atoms with van der Waals surface area (Å²) in [5, 5.41) is 2.13. The Hall–Kier alpha value is -1.14. The predicted molar refractivity (Wildman–Crippen MR) is 63.4 cm³/mol. The smallest absolute Gasteiger partial charge is 0.318 e. The summed E-state index contributed by atoms with van der Waals surface area (Å²) in [7, 11) is 0. The van der Waals surface area contributed by atoms with E-state index in [2.05, 4.69) is 15.1 Å². The van der Waals surface area contributed by atoms with Crippen LogP contribution < -0.4 is 11.1 Å². The molecule has 1 heterocycles. The van der Waals surface area contributed by atoms with Gasteiger partial charge >= 0.3 is 6.03 Å². The van der Waals surface area contributed by atoms with Crippen molar-refractivity contribution in [3.8, 4) is 0 Å². The van der Waals surface area contributed by atoms with Gasteiger partial charge in [0.05, 0.1) is 6.04 Å². The van der Waals surface area contributed by atoms with E-state index in [9.17, 15) is 9.59 Å². The highest BCUT2D eigenvalue weighted by molar-refractivity contribution is 5.96. The molecule has 17 heavy (non-hydrogen) atoms. The minimum absolute atomic E-state index is 0.288. The Balaban J connectivity index is 1.78. The van der Waals surface area contributed by atoms with Crippen molar-refractivity contribution < 1.29 is 9.59 Å². The maximum atomic E-state index is 11.6. The molecule has 0 aromatic heterocycles. The summed E-state index contributed by atoms with van der Waals surface area (Å²) in [6, 6.07) is -0.283. The number of amides is 3. The summed E-state index contributed by atoms with van der Waals surface area (Å²) in [5.41, 5.74) is 4.93. The number of carbonyl (C=O) groups excluding carboxylic acids is 2. The molecule has 3 N–H and O–H groups in total. The molecule has 2 rings (SSSR count). The molecule has 96 valence electrons. The second-order valence-electron chi connectivity index (χ2n) is 4.83. The molecule has 1 aliphatic heterocycles. The first-order valence-electron chi connectivity index (χ1n) is 6.16. The van der Waals surface area contributed by atoms with E-state index in [1.807, 2.05) is 6.92 Å². The van der Waals surface area contributed by atoms with Gasteiger partial charge in [0.2, 0.25) is 5.91 Å². The Morgan fingerprint density at radius 3 is 2.29 bits per heavy atom. The van der Waals surface area contributed by atoms with Crippen LogP contribution in [-0.2, 0) is 4.79 Å². The van der Waals surface area contributed by atoms with Crippen LogP contribution in [0, 0.1) is 0 Å². The van der Waals surface area contributed by atoms with E-state index in [0.29, 0.717) is 0 Å². The van der Waals surface area contributed by atoms with E-state index >= 15 is 0 Å².